The summed E-state index contributed by atoms with van der Waals surface area (Å²) in [7, 11) is 0. The number of nitrogens with zero attached hydrogens (tertiary/aromatic N) is 2. The van der Waals surface area contributed by atoms with E-state index in [1.54, 1.807) is 6.07 Å². The van der Waals surface area contributed by atoms with E-state index in [2.05, 4.69) is 9.55 Å². The summed E-state index contributed by atoms with van der Waals surface area (Å²) in [5.41, 5.74) is 1.65. The summed E-state index contributed by atoms with van der Waals surface area (Å²) in [4.78, 5) is 4.39. The molecule has 0 aliphatic carbocycles. The lowest BCUT2D eigenvalue weighted by Gasteiger charge is -2.04. The van der Waals surface area contributed by atoms with Crippen LogP contribution in [-0.4, -0.2) is 21.3 Å². The first-order chi connectivity index (χ1) is 7.76. The molecule has 2 aromatic rings. The maximum Gasteiger partial charge on any atom is 0.125 e. The zero-order valence-electron chi connectivity index (χ0n) is 9.28. The summed E-state index contributed by atoms with van der Waals surface area (Å²) in [6.45, 7) is 3.00. The van der Waals surface area contributed by atoms with Crippen LogP contribution in [0, 0.1) is 5.82 Å². The van der Waals surface area contributed by atoms with Gasteiger partial charge in [0.2, 0.25) is 0 Å². The molecule has 1 N–H and O–H groups in total. The van der Waals surface area contributed by atoms with Gasteiger partial charge in [0.25, 0.3) is 0 Å². The molecule has 0 aliphatic heterocycles. The van der Waals surface area contributed by atoms with Gasteiger partial charge in [-0.15, -0.1) is 0 Å². The molecular weight excluding hydrogens is 207 g/mol. The number of hydrogen-bond acceptors (Lipinski definition) is 2. The molecule has 16 heavy (non-hydrogen) atoms. The van der Waals surface area contributed by atoms with Crippen LogP contribution >= 0.6 is 0 Å². The van der Waals surface area contributed by atoms with E-state index < -0.39 is 0 Å². The van der Waals surface area contributed by atoms with Crippen LogP contribution in [0.1, 0.15) is 19.2 Å². The van der Waals surface area contributed by atoms with Crippen molar-refractivity contribution < 1.29 is 9.50 Å². The van der Waals surface area contributed by atoms with Crippen LogP contribution in [0.15, 0.2) is 18.2 Å². The minimum Gasteiger partial charge on any atom is -0.396 e. The molecular formula is C12H15FN2O. The van der Waals surface area contributed by atoms with Crippen molar-refractivity contribution in [2.24, 2.45) is 0 Å². The molecule has 2 rings (SSSR count). The van der Waals surface area contributed by atoms with Gasteiger partial charge < -0.3 is 9.67 Å². The molecule has 1 aromatic heterocycles. The zero-order chi connectivity index (χ0) is 11.5. The molecule has 1 heterocycles. The van der Waals surface area contributed by atoms with Crippen LogP contribution in [0.3, 0.4) is 0 Å². The first-order valence-corrected chi connectivity index (χ1v) is 5.51. The van der Waals surface area contributed by atoms with Crippen LogP contribution in [0.4, 0.5) is 4.39 Å². The summed E-state index contributed by atoms with van der Waals surface area (Å²) in [6, 6.07) is 4.65. The minimum atomic E-state index is -0.262. The fourth-order valence-electron chi connectivity index (χ4n) is 1.93. The van der Waals surface area contributed by atoms with Gasteiger partial charge in [0.15, 0.2) is 0 Å². The Hall–Kier alpha value is -1.42. The third-order valence-electron chi connectivity index (χ3n) is 2.66. The van der Waals surface area contributed by atoms with Crippen molar-refractivity contribution in [3.63, 3.8) is 0 Å². The highest BCUT2D eigenvalue weighted by Gasteiger charge is 2.09. The van der Waals surface area contributed by atoms with Gasteiger partial charge in [-0.25, -0.2) is 9.37 Å². The Labute approximate surface area is 93.5 Å². The molecule has 0 radical (unpaired) electrons. The van der Waals surface area contributed by atoms with Crippen molar-refractivity contribution in [3.05, 3.63) is 29.8 Å². The van der Waals surface area contributed by atoms with Gasteiger partial charge in [0.05, 0.1) is 11.0 Å². The predicted molar refractivity (Wildman–Crippen MR) is 60.8 cm³/mol. The Bertz CT molecular complexity index is 493. The normalized spacial score (nSPS) is 11.2. The molecule has 0 fully saturated rings. The topological polar surface area (TPSA) is 38.0 Å². The highest BCUT2D eigenvalue weighted by atomic mass is 19.1. The van der Waals surface area contributed by atoms with Crippen molar-refractivity contribution in [1.82, 2.24) is 9.55 Å². The summed E-state index contributed by atoms with van der Waals surface area (Å²) in [6.07, 6.45) is 1.41. The van der Waals surface area contributed by atoms with E-state index in [4.69, 9.17) is 5.11 Å². The lowest BCUT2D eigenvalue weighted by molar-refractivity contribution is 0.287. The standard InChI is InChI=1S/C12H15FN2O/c1-2-15-11-6-5-9(13)8-10(11)14-12(15)4-3-7-16/h5-6,8,16H,2-4,7H2,1H3. The Balaban J connectivity index is 2.48. The second-order valence-electron chi connectivity index (χ2n) is 3.73. The predicted octanol–water partition coefficient (Wildman–Crippen LogP) is 2.12. The van der Waals surface area contributed by atoms with Crippen LogP contribution in [-0.2, 0) is 13.0 Å². The third kappa shape index (κ3) is 1.93. The van der Waals surface area contributed by atoms with Gasteiger partial charge >= 0.3 is 0 Å². The molecule has 0 saturated carbocycles. The average Bonchev–Trinajstić information content (AvgIpc) is 2.62. The van der Waals surface area contributed by atoms with E-state index in [-0.39, 0.29) is 12.4 Å². The van der Waals surface area contributed by atoms with Crippen molar-refractivity contribution in [3.8, 4) is 0 Å². The van der Waals surface area contributed by atoms with Crippen LogP contribution in [0.25, 0.3) is 11.0 Å². The summed E-state index contributed by atoms with van der Waals surface area (Å²) in [5.74, 6) is 0.652. The Morgan fingerprint density at radius 3 is 2.94 bits per heavy atom. The van der Waals surface area contributed by atoms with Crippen molar-refractivity contribution >= 4 is 11.0 Å². The smallest absolute Gasteiger partial charge is 0.125 e. The number of imidazole rings is 1. The Morgan fingerprint density at radius 2 is 2.25 bits per heavy atom. The highest BCUT2D eigenvalue weighted by Crippen LogP contribution is 2.18. The van der Waals surface area contributed by atoms with E-state index in [0.717, 1.165) is 24.3 Å². The zero-order valence-corrected chi connectivity index (χ0v) is 9.28. The number of rotatable bonds is 4. The quantitative estimate of drug-likeness (QED) is 0.860. The van der Waals surface area contributed by atoms with Crippen LogP contribution in [0.2, 0.25) is 0 Å². The molecule has 0 saturated heterocycles. The number of fused-ring (bicyclic) bond motifs is 1. The fourth-order valence-corrected chi connectivity index (χ4v) is 1.93. The number of aromatic nitrogens is 2. The summed E-state index contributed by atoms with van der Waals surface area (Å²) >= 11 is 0. The number of aliphatic hydroxyl groups excluding tert-OH is 1. The second kappa shape index (κ2) is 4.61. The molecule has 0 unspecified atom stereocenters. The van der Waals surface area contributed by atoms with Gasteiger partial charge in [-0.2, -0.15) is 0 Å². The van der Waals surface area contributed by atoms with Gasteiger partial charge in [-0.1, -0.05) is 0 Å². The minimum absolute atomic E-state index is 0.154. The molecule has 1 aromatic carbocycles. The van der Waals surface area contributed by atoms with Crippen molar-refractivity contribution in [2.75, 3.05) is 6.61 Å². The van der Waals surface area contributed by atoms with Crippen LogP contribution in [0.5, 0.6) is 0 Å². The number of hydrogen-bond donors (Lipinski definition) is 1. The van der Waals surface area contributed by atoms with Gasteiger partial charge in [-0.05, 0) is 25.5 Å². The summed E-state index contributed by atoms with van der Waals surface area (Å²) < 4.78 is 15.1. The maximum atomic E-state index is 13.0. The monoisotopic (exact) mass is 222 g/mol. The largest absolute Gasteiger partial charge is 0.396 e. The lowest BCUT2D eigenvalue weighted by atomic mass is 10.3. The lowest BCUT2D eigenvalue weighted by Crippen LogP contribution is -2.02. The summed E-state index contributed by atoms with van der Waals surface area (Å²) in [5, 5.41) is 8.81. The third-order valence-corrected chi connectivity index (χ3v) is 2.66. The number of aliphatic hydroxyl groups is 1. The number of aryl methyl sites for hydroxylation is 2. The van der Waals surface area contributed by atoms with Crippen LogP contribution < -0.4 is 0 Å². The highest BCUT2D eigenvalue weighted by molar-refractivity contribution is 5.76. The van der Waals surface area contributed by atoms with Crippen molar-refractivity contribution in [1.29, 1.82) is 0 Å². The maximum absolute atomic E-state index is 13.0. The molecule has 0 atom stereocenters. The van der Waals surface area contributed by atoms with Crippen molar-refractivity contribution in [2.45, 2.75) is 26.3 Å². The second-order valence-corrected chi connectivity index (χ2v) is 3.73. The van der Waals surface area contributed by atoms with E-state index in [9.17, 15) is 4.39 Å². The van der Waals surface area contributed by atoms with E-state index >= 15 is 0 Å². The molecule has 86 valence electrons. The SMILES string of the molecule is CCn1c(CCCO)nc2cc(F)ccc21. The fraction of sp³-hybridized carbons (Fsp3) is 0.417. The Kier molecular flexibility index (Phi) is 3.19. The van der Waals surface area contributed by atoms with Gasteiger partial charge in [-0.3, -0.25) is 0 Å². The molecule has 4 heteroatoms. The number of benzene rings is 1. The van der Waals surface area contributed by atoms with E-state index in [1.807, 2.05) is 6.92 Å². The molecule has 0 bridgehead atoms. The van der Waals surface area contributed by atoms with Gasteiger partial charge in [0.1, 0.15) is 11.6 Å². The first kappa shape index (κ1) is 11.1. The molecule has 3 nitrogen and oxygen atoms in total. The molecule has 0 spiro atoms. The molecule has 0 amide bonds. The number of halogens is 1. The first-order valence-electron chi connectivity index (χ1n) is 5.51. The molecule has 0 aliphatic rings. The Morgan fingerprint density at radius 1 is 1.44 bits per heavy atom. The van der Waals surface area contributed by atoms with Gasteiger partial charge in [0, 0.05) is 25.6 Å². The van der Waals surface area contributed by atoms with E-state index in [1.165, 1.54) is 12.1 Å². The van der Waals surface area contributed by atoms with E-state index in [0.29, 0.717) is 11.9 Å². The average molecular weight is 222 g/mol.